The first-order valence-electron chi connectivity index (χ1n) is 10.9. The van der Waals surface area contributed by atoms with E-state index in [4.69, 9.17) is 11.5 Å². The monoisotopic (exact) mass is 509 g/mol. The molecule has 10 heteroatoms. The Morgan fingerprint density at radius 2 is 1.94 bits per heavy atom. The number of nitrogen functional groups attached to an aromatic ring is 2. The largest absolute Gasteiger partial charge is 0.390 e. The molecule has 33 heavy (non-hydrogen) atoms. The van der Waals surface area contributed by atoms with Crippen LogP contribution < -0.4 is 16.8 Å². The average Bonchev–Trinajstić information content (AvgIpc) is 3.48. The quantitative estimate of drug-likeness (QED) is 0.276. The van der Waals surface area contributed by atoms with Crippen molar-refractivity contribution in [3.63, 3.8) is 0 Å². The van der Waals surface area contributed by atoms with Crippen LogP contribution in [-0.2, 0) is 0 Å². The molecule has 2 aliphatic rings. The second kappa shape index (κ2) is 7.36. The zero-order chi connectivity index (χ0) is 22.9. The van der Waals surface area contributed by atoms with Crippen LogP contribution in [0.1, 0.15) is 30.5 Å². The van der Waals surface area contributed by atoms with E-state index in [0.717, 1.165) is 26.3 Å². The maximum atomic E-state index is 11.2. The fourth-order valence-corrected chi connectivity index (χ4v) is 5.97. The molecular formula is C23H24BrN7O2. The number of nitrogens with zero attached hydrogens (tertiary/aromatic N) is 4. The molecule has 0 bridgehead atoms. The number of benzene rings is 1. The Morgan fingerprint density at radius 3 is 2.79 bits per heavy atom. The number of pyridine rings is 1. The Bertz CT molecular complexity index is 1390. The Morgan fingerprint density at radius 1 is 1.09 bits per heavy atom. The fraction of sp³-hybridized carbons (Fsp3) is 0.348. The number of rotatable bonds is 2. The third-order valence-corrected chi connectivity index (χ3v) is 8.03. The van der Waals surface area contributed by atoms with Gasteiger partial charge in [-0.25, -0.2) is 15.0 Å². The number of nitrogens with one attached hydrogen (secondary N) is 1. The molecule has 4 heterocycles. The van der Waals surface area contributed by atoms with Crippen LogP contribution in [0.3, 0.4) is 0 Å². The highest BCUT2D eigenvalue weighted by molar-refractivity contribution is 9.10. The van der Waals surface area contributed by atoms with Gasteiger partial charge in [0.15, 0.2) is 0 Å². The highest BCUT2D eigenvalue weighted by Crippen LogP contribution is 2.52. The lowest BCUT2D eigenvalue weighted by Gasteiger charge is -2.27. The van der Waals surface area contributed by atoms with Crippen LogP contribution in [0, 0.1) is 5.41 Å². The van der Waals surface area contributed by atoms with Crippen molar-refractivity contribution in [2.75, 3.05) is 18.0 Å². The summed E-state index contributed by atoms with van der Waals surface area (Å²) in [6, 6.07) is 9.72. The summed E-state index contributed by atoms with van der Waals surface area (Å²) in [5.41, 5.74) is 14.1. The van der Waals surface area contributed by atoms with Crippen LogP contribution in [0.2, 0.25) is 0 Å². The first kappa shape index (κ1) is 20.8. The topological polar surface area (TPSA) is 148 Å². The van der Waals surface area contributed by atoms with Gasteiger partial charge in [-0.05, 0) is 52.5 Å². The number of aromatic nitrogens is 4. The molecule has 1 saturated heterocycles. The Labute approximate surface area is 198 Å². The Balaban J connectivity index is 1.30. The maximum Gasteiger partial charge on any atom is 0.145 e. The predicted molar refractivity (Wildman–Crippen MR) is 129 cm³/mol. The summed E-state index contributed by atoms with van der Waals surface area (Å²) in [7, 11) is 0. The first-order chi connectivity index (χ1) is 15.9. The molecule has 1 saturated carbocycles. The molecule has 5 atom stereocenters. The van der Waals surface area contributed by atoms with Crippen molar-refractivity contribution in [1.29, 1.82) is 0 Å². The van der Waals surface area contributed by atoms with Gasteiger partial charge in [0.25, 0.3) is 0 Å². The molecule has 4 aromatic rings. The summed E-state index contributed by atoms with van der Waals surface area (Å²) in [5.74, 6) is 0.859. The minimum Gasteiger partial charge on any atom is -0.390 e. The lowest BCUT2D eigenvalue weighted by atomic mass is 9.80. The number of aliphatic hydroxyl groups is 2. The summed E-state index contributed by atoms with van der Waals surface area (Å²) in [4.78, 5) is 12.9. The van der Waals surface area contributed by atoms with Crippen molar-refractivity contribution in [1.82, 2.24) is 24.8 Å². The summed E-state index contributed by atoms with van der Waals surface area (Å²) in [6.45, 7) is 0.608. The van der Waals surface area contributed by atoms with E-state index >= 15 is 0 Å². The molecule has 0 amide bonds. The van der Waals surface area contributed by atoms with Crippen LogP contribution in [0.4, 0.5) is 11.6 Å². The third-order valence-electron chi connectivity index (χ3n) is 7.39. The zero-order valence-corrected chi connectivity index (χ0v) is 19.3. The SMILES string of the molecule is Nc1nc2cc(C3CC4(CN3)CC(n3ccc5c(N)ncnc53)C(O)C4O)ccc2cc1Br. The molecule has 5 unspecified atom stereocenters. The van der Waals surface area contributed by atoms with Gasteiger partial charge < -0.3 is 31.6 Å². The number of aliphatic hydroxyl groups excluding tert-OH is 2. The molecule has 1 aliphatic heterocycles. The maximum absolute atomic E-state index is 11.2. The van der Waals surface area contributed by atoms with E-state index in [1.54, 1.807) is 0 Å². The normalized spacial score (nSPS) is 29.5. The highest BCUT2D eigenvalue weighted by Gasteiger charge is 2.56. The van der Waals surface area contributed by atoms with E-state index in [1.165, 1.54) is 6.33 Å². The van der Waals surface area contributed by atoms with Crippen LogP contribution in [0.25, 0.3) is 21.9 Å². The smallest absolute Gasteiger partial charge is 0.145 e. The van der Waals surface area contributed by atoms with Gasteiger partial charge >= 0.3 is 0 Å². The minimum absolute atomic E-state index is 0.0426. The zero-order valence-electron chi connectivity index (χ0n) is 17.7. The Kier molecular flexibility index (Phi) is 4.64. The van der Waals surface area contributed by atoms with E-state index in [1.807, 2.05) is 35.0 Å². The van der Waals surface area contributed by atoms with Gasteiger partial charge in [-0.1, -0.05) is 12.1 Å². The number of hydrogen-bond acceptors (Lipinski definition) is 8. The van der Waals surface area contributed by atoms with E-state index in [0.29, 0.717) is 36.7 Å². The molecule has 1 aromatic carbocycles. The molecule has 3 aromatic heterocycles. The molecular weight excluding hydrogens is 486 g/mol. The second-order valence-corrected chi connectivity index (χ2v) is 10.1. The van der Waals surface area contributed by atoms with Crippen LogP contribution >= 0.6 is 15.9 Å². The summed E-state index contributed by atoms with van der Waals surface area (Å²) in [6.07, 6.45) is 2.85. The van der Waals surface area contributed by atoms with E-state index in [2.05, 4.69) is 42.3 Å². The summed E-state index contributed by atoms with van der Waals surface area (Å²) in [5, 5.41) is 27.5. The molecule has 170 valence electrons. The number of hydrogen-bond donors (Lipinski definition) is 5. The Hall–Kier alpha value is -2.79. The average molecular weight is 510 g/mol. The van der Waals surface area contributed by atoms with Gasteiger partial charge in [0.2, 0.25) is 0 Å². The van der Waals surface area contributed by atoms with Gasteiger partial charge in [-0.2, -0.15) is 0 Å². The van der Waals surface area contributed by atoms with E-state index in [9.17, 15) is 10.2 Å². The fourth-order valence-electron chi connectivity index (χ4n) is 5.64. The van der Waals surface area contributed by atoms with Gasteiger partial charge in [0.1, 0.15) is 29.7 Å². The van der Waals surface area contributed by atoms with E-state index < -0.39 is 17.6 Å². The summed E-state index contributed by atoms with van der Waals surface area (Å²) < 4.78 is 2.70. The van der Waals surface area contributed by atoms with Gasteiger partial charge in [0.05, 0.1) is 27.5 Å². The van der Waals surface area contributed by atoms with Crippen molar-refractivity contribution in [3.8, 4) is 0 Å². The van der Waals surface area contributed by atoms with Gasteiger partial charge in [-0.15, -0.1) is 0 Å². The van der Waals surface area contributed by atoms with Crippen molar-refractivity contribution < 1.29 is 10.2 Å². The molecule has 0 radical (unpaired) electrons. The molecule has 1 aliphatic carbocycles. The van der Waals surface area contributed by atoms with Crippen molar-refractivity contribution in [3.05, 3.63) is 52.9 Å². The standard InChI is InChI=1S/C23H24BrN7O2/c24-14-5-11-1-2-12(6-15(11)30-21(14)26)16-7-23(9-27-16)8-17(18(32)19(23)33)31-4-3-13-20(25)28-10-29-22(13)31/h1-6,10,16-19,27,32-33H,7-9H2,(H2,26,30)(H2,25,28,29). The van der Waals surface area contributed by atoms with Crippen LogP contribution in [0.5, 0.6) is 0 Å². The number of anilines is 2. The van der Waals surface area contributed by atoms with Crippen molar-refractivity contribution in [2.24, 2.45) is 5.41 Å². The summed E-state index contributed by atoms with van der Waals surface area (Å²) >= 11 is 3.43. The number of fused-ring (bicyclic) bond motifs is 2. The lowest BCUT2D eigenvalue weighted by molar-refractivity contribution is -0.0218. The highest BCUT2D eigenvalue weighted by atomic mass is 79.9. The van der Waals surface area contributed by atoms with Crippen molar-refractivity contribution in [2.45, 2.75) is 37.1 Å². The number of nitrogens with two attached hydrogens (primary N) is 2. The van der Waals surface area contributed by atoms with Crippen LogP contribution in [-0.4, -0.2) is 48.5 Å². The molecule has 1 spiro atoms. The van der Waals surface area contributed by atoms with Gasteiger partial charge in [-0.3, -0.25) is 0 Å². The third kappa shape index (κ3) is 3.12. The molecule has 9 nitrogen and oxygen atoms in total. The van der Waals surface area contributed by atoms with Crippen molar-refractivity contribution >= 4 is 49.5 Å². The van der Waals surface area contributed by atoms with Crippen LogP contribution in [0.15, 0.2) is 47.3 Å². The first-order valence-corrected chi connectivity index (χ1v) is 11.7. The molecule has 6 rings (SSSR count). The van der Waals surface area contributed by atoms with E-state index in [-0.39, 0.29) is 12.1 Å². The van der Waals surface area contributed by atoms with Gasteiger partial charge in [0, 0.05) is 29.6 Å². The predicted octanol–water partition coefficient (Wildman–Crippen LogP) is 2.29. The lowest BCUT2D eigenvalue weighted by Crippen LogP contribution is -2.38. The molecule has 2 fully saturated rings. The second-order valence-electron chi connectivity index (χ2n) is 9.23. The molecule has 7 N–H and O–H groups in total. The number of halogens is 1. The minimum atomic E-state index is -0.909.